The SMILES string of the molecule is CCc1c(C(=O)O)c(=O)c2cc(F)c(F)c(CSCC3CCCN3)c2n1C1CC1. The van der Waals surface area contributed by atoms with E-state index < -0.39 is 23.0 Å². The van der Waals surface area contributed by atoms with E-state index in [0.29, 0.717) is 23.7 Å². The Morgan fingerprint density at radius 3 is 2.69 bits per heavy atom. The Morgan fingerprint density at radius 1 is 1.34 bits per heavy atom. The highest BCUT2D eigenvalue weighted by atomic mass is 32.2. The minimum Gasteiger partial charge on any atom is -0.477 e. The number of rotatable bonds is 7. The van der Waals surface area contributed by atoms with Gasteiger partial charge in [-0.25, -0.2) is 13.6 Å². The average Bonchev–Trinajstić information content (AvgIpc) is 3.39. The lowest BCUT2D eigenvalue weighted by atomic mass is 10.0. The van der Waals surface area contributed by atoms with Crippen LogP contribution in [0.3, 0.4) is 0 Å². The molecule has 1 aliphatic heterocycles. The van der Waals surface area contributed by atoms with Gasteiger partial charge < -0.3 is 15.0 Å². The molecule has 2 N–H and O–H groups in total. The molecule has 4 rings (SSSR count). The number of nitrogens with zero attached hydrogens (tertiary/aromatic N) is 1. The first-order chi connectivity index (χ1) is 13.9. The van der Waals surface area contributed by atoms with Gasteiger partial charge in [-0.1, -0.05) is 6.92 Å². The number of hydrogen-bond acceptors (Lipinski definition) is 4. The van der Waals surface area contributed by atoms with Gasteiger partial charge in [0.1, 0.15) is 5.56 Å². The number of benzene rings is 1. The molecule has 1 saturated heterocycles. The molecule has 1 unspecified atom stereocenters. The molecule has 1 aromatic carbocycles. The number of nitrogens with one attached hydrogen (secondary N) is 1. The summed E-state index contributed by atoms with van der Waals surface area (Å²) in [6, 6.07) is 1.25. The van der Waals surface area contributed by atoms with Gasteiger partial charge in [-0.05, 0) is 44.7 Å². The second-order valence-electron chi connectivity index (χ2n) is 7.77. The Kier molecular flexibility index (Phi) is 5.66. The van der Waals surface area contributed by atoms with Crippen molar-refractivity contribution in [1.29, 1.82) is 0 Å². The fourth-order valence-corrected chi connectivity index (χ4v) is 5.43. The van der Waals surface area contributed by atoms with E-state index in [-0.39, 0.29) is 28.3 Å². The van der Waals surface area contributed by atoms with Gasteiger partial charge in [0.05, 0.1) is 10.9 Å². The summed E-state index contributed by atoms with van der Waals surface area (Å²) in [5, 5.41) is 13.0. The van der Waals surface area contributed by atoms with Crippen LogP contribution in [-0.2, 0) is 12.2 Å². The van der Waals surface area contributed by atoms with Crippen LogP contribution in [0.15, 0.2) is 10.9 Å². The smallest absolute Gasteiger partial charge is 0.341 e. The third-order valence-corrected chi connectivity index (χ3v) is 6.90. The van der Waals surface area contributed by atoms with E-state index in [1.165, 1.54) is 11.8 Å². The quantitative estimate of drug-likeness (QED) is 0.709. The number of carboxylic acids is 1. The number of aromatic carboxylic acids is 1. The Labute approximate surface area is 171 Å². The van der Waals surface area contributed by atoms with Gasteiger partial charge in [-0.3, -0.25) is 4.79 Å². The molecule has 0 bridgehead atoms. The van der Waals surface area contributed by atoms with Crippen molar-refractivity contribution >= 4 is 28.6 Å². The van der Waals surface area contributed by atoms with Gasteiger partial charge in [-0.2, -0.15) is 11.8 Å². The maximum atomic E-state index is 14.9. The first-order valence-electron chi connectivity index (χ1n) is 10.1. The molecule has 1 atom stereocenters. The zero-order valence-corrected chi connectivity index (χ0v) is 17.1. The molecule has 0 spiro atoms. The molecular formula is C21H24F2N2O3S. The van der Waals surface area contributed by atoms with E-state index in [0.717, 1.165) is 44.0 Å². The van der Waals surface area contributed by atoms with Crippen molar-refractivity contribution in [3.8, 4) is 0 Å². The van der Waals surface area contributed by atoms with Gasteiger partial charge in [0, 0.05) is 34.8 Å². The van der Waals surface area contributed by atoms with Gasteiger partial charge in [0.2, 0.25) is 5.43 Å². The Balaban J connectivity index is 1.89. The van der Waals surface area contributed by atoms with E-state index in [9.17, 15) is 23.5 Å². The van der Waals surface area contributed by atoms with Crippen LogP contribution in [0.1, 0.15) is 60.3 Å². The average molecular weight is 422 g/mol. The highest BCUT2D eigenvalue weighted by molar-refractivity contribution is 7.98. The molecule has 156 valence electrons. The summed E-state index contributed by atoms with van der Waals surface area (Å²) in [4.78, 5) is 24.7. The summed E-state index contributed by atoms with van der Waals surface area (Å²) in [5.74, 6) is -2.36. The predicted molar refractivity (Wildman–Crippen MR) is 110 cm³/mol. The molecule has 2 fully saturated rings. The normalized spacial score (nSPS) is 19.2. The summed E-state index contributed by atoms with van der Waals surface area (Å²) < 4.78 is 31.1. The lowest BCUT2D eigenvalue weighted by Gasteiger charge is -2.21. The number of thioether (sulfide) groups is 1. The summed E-state index contributed by atoms with van der Waals surface area (Å²) in [6.07, 6.45) is 4.18. The first kappa shape index (κ1) is 20.3. The summed E-state index contributed by atoms with van der Waals surface area (Å²) in [6.45, 7) is 2.76. The van der Waals surface area contributed by atoms with Crippen LogP contribution in [0.5, 0.6) is 0 Å². The third-order valence-electron chi connectivity index (χ3n) is 5.77. The number of carboxylic acid groups (broad SMARTS) is 1. The largest absolute Gasteiger partial charge is 0.477 e. The molecule has 2 heterocycles. The summed E-state index contributed by atoms with van der Waals surface area (Å²) in [7, 11) is 0. The fraction of sp³-hybridized carbons (Fsp3) is 0.524. The van der Waals surface area contributed by atoms with Crippen molar-refractivity contribution in [3.05, 3.63) is 44.7 Å². The lowest BCUT2D eigenvalue weighted by Crippen LogP contribution is -2.25. The van der Waals surface area contributed by atoms with Crippen LogP contribution in [0, 0.1) is 11.6 Å². The van der Waals surface area contributed by atoms with E-state index in [4.69, 9.17) is 0 Å². The van der Waals surface area contributed by atoms with E-state index in [2.05, 4.69) is 5.32 Å². The summed E-state index contributed by atoms with van der Waals surface area (Å²) >= 11 is 1.51. The molecule has 5 nitrogen and oxygen atoms in total. The van der Waals surface area contributed by atoms with Crippen molar-refractivity contribution in [2.45, 2.75) is 56.9 Å². The topological polar surface area (TPSA) is 71.3 Å². The van der Waals surface area contributed by atoms with Crippen molar-refractivity contribution < 1.29 is 18.7 Å². The monoisotopic (exact) mass is 422 g/mol. The maximum Gasteiger partial charge on any atom is 0.341 e. The van der Waals surface area contributed by atoms with E-state index in [1.807, 2.05) is 0 Å². The molecule has 1 aromatic heterocycles. The molecule has 0 amide bonds. The maximum absolute atomic E-state index is 14.9. The highest BCUT2D eigenvalue weighted by Gasteiger charge is 2.33. The molecule has 1 aliphatic carbocycles. The standard InChI is InChI=1S/C21H24F2N2O3S/c1-2-16-17(21(27)28)20(26)13-8-15(22)18(23)14(19(13)25(16)12-5-6-12)10-29-9-11-4-3-7-24-11/h8,11-12,24H,2-7,9-10H2,1H3,(H,27,28). The first-order valence-corrected chi connectivity index (χ1v) is 11.2. The summed E-state index contributed by atoms with van der Waals surface area (Å²) in [5.41, 5.74) is -0.133. The Bertz CT molecular complexity index is 1030. The lowest BCUT2D eigenvalue weighted by molar-refractivity contribution is 0.0693. The Hall–Kier alpha value is -1.93. The van der Waals surface area contributed by atoms with Crippen molar-refractivity contribution in [1.82, 2.24) is 9.88 Å². The van der Waals surface area contributed by atoms with E-state index in [1.54, 1.807) is 11.5 Å². The molecule has 29 heavy (non-hydrogen) atoms. The number of pyridine rings is 1. The van der Waals surface area contributed by atoms with Gasteiger partial charge in [0.15, 0.2) is 11.6 Å². The van der Waals surface area contributed by atoms with Crippen LogP contribution >= 0.6 is 11.8 Å². The number of hydrogen-bond donors (Lipinski definition) is 2. The van der Waals surface area contributed by atoms with E-state index >= 15 is 0 Å². The molecule has 2 aromatic rings. The second kappa shape index (κ2) is 8.07. The van der Waals surface area contributed by atoms with Crippen LogP contribution in [0.2, 0.25) is 0 Å². The molecule has 2 aliphatic rings. The molecule has 1 saturated carbocycles. The van der Waals surface area contributed by atoms with Crippen molar-refractivity contribution in [3.63, 3.8) is 0 Å². The number of carbonyl (C=O) groups is 1. The van der Waals surface area contributed by atoms with Crippen molar-refractivity contribution in [2.75, 3.05) is 12.3 Å². The van der Waals surface area contributed by atoms with Gasteiger partial charge in [0.25, 0.3) is 0 Å². The van der Waals surface area contributed by atoms with Crippen LogP contribution < -0.4 is 10.7 Å². The van der Waals surface area contributed by atoms with Gasteiger partial charge in [-0.15, -0.1) is 0 Å². The number of halogens is 2. The minimum atomic E-state index is -1.32. The van der Waals surface area contributed by atoms with Gasteiger partial charge >= 0.3 is 5.97 Å². The predicted octanol–water partition coefficient (Wildman–Crippen LogP) is 3.86. The third kappa shape index (κ3) is 3.68. The van der Waals surface area contributed by atoms with Crippen LogP contribution in [0.4, 0.5) is 8.78 Å². The second-order valence-corrected chi connectivity index (χ2v) is 8.80. The Morgan fingerprint density at radius 2 is 2.10 bits per heavy atom. The number of fused-ring (bicyclic) bond motifs is 1. The zero-order chi connectivity index (χ0) is 20.7. The minimum absolute atomic E-state index is 0.0243. The molecule has 0 radical (unpaired) electrons. The fourth-order valence-electron chi connectivity index (χ4n) is 4.28. The van der Waals surface area contributed by atoms with Crippen molar-refractivity contribution in [2.24, 2.45) is 0 Å². The molecular weight excluding hydrogens is 398 g/mol. The highest BCUT2D eigenvalue weighted by Crippen LogP contribution is 2.41. The van der Waals surface area contributed by atoms with Crippen LogP contribution in [-0.4, -0.2) is 34.0 Å². The van der Waals surface area contributed by atoms with Crippen LogP contribution in [0.25, 0.3) is 10.9 Å². The zero-order valence-electron chi connectivity index (χ0n) is 16.3. The molecule has 8 heteroatoms. The number of aromatic nitrogens is 1.